The molecule has 0 fully saturated rings. The standard InChI is InChI=1S/C18H19ClO2/c1-3-4-14-6-8-15(9-7-14)17(20)12-21-18-10-5-13(2)11-16(18)19/h5-11H,3-4,12H2,1-2H3. The van der Waals surface area contributed by atoms with Crippen LogP contribution < -0.4 is 4.74 Å². The van der Waals surface area contributed by atoms with E-state index in [1.807, 2.05) is 43.3 Å². The van der Waals surface area contributed by atoms with Gasteiger partial charge in [0.15, 0.2) is 12.4 Å². The monoisotopic (exact) mass is 302 g/mol. The SMILES string of the molecule is CCCc1ccc(C(=O)COc2ccc(C)cc2Cl)cc1. The zero-order valence-corrected chi connectivity index (χ0v) is 13.1. The van der Waals surface area contributed by atoms with Gasteiger partial charge < -0.3 is 4.74 Å². The number of rotatable bonds is 6. The Labute approximate surface area is 130 Å². The fourth-order valence-electron chi connectivity index (χ4n) is 2.10. The van der Waals surface area contributed by atoms with Crippen molar-refractivity contribution in [2.45, 2.75) is 26.7 Å². The van der Waals surface area contributed by atoms with Crippen LogP contribution in [0.15, 0.2) is 42.5 Å². The summed E-state index contributed by atoms with van der Waals surface area (Å²) in [4.78, 5) is 12.1. The van der Waals surface area contributed by atoms with Gasteiger partial charge in [0.05, 0.1) is 5.02 Å². The van der Waals surface area contributed by atoms with Gasteiger partial charge in [-0.3, -0.25) is 4.79 Å². The highest BCUT2D eigenvalue weighted by molar-refractivity contribution is 6.32. The van der Waals surface area contributed by atoms with E-state index in [1.54, 1.807) is 6.07 Å². The van der Waals surface area contributed by atoms with Crippen LogP contribution in [-0.2, 0) is 6.42 Å². The number of Topliss-reactive ketones (excluding diaryl/α,β-unsaturated/α-hetero) is 1. The first kappa shape index (κ1) is 15.6. The molecule has 0 aliphatic heterocycles. The lowest BCUT2D eigenvalue weighted by molar-refractivity contribution is 0.0921. The smallest absolute Gasteiger partial charge is 0.200 e. The van der Waals surface area contributed by atoms with Gasteiger partial charge in [0, 0.05) is 5.56 Å². The highest BCUT2D eigenvalue weighted by Crippen LogP contribution is 2.25. The van der Waals surface area contributed by atoms with E-state index in [0.717, 1.165) is 18.4 Å². The van der Waals surface area contributed by atoms with Crippen molar-refractivity contribution in [3.05, 3.63) is 64.2 Å². The predicted molar refractivity (Wildman–Crippen MR) is 86.5 cm³/mol. The minimum atomic E-state index is -0.0466. The van der Waals surface area contributed by atoms with E-state index in [-0.39, 0.29) is 12.4 Å². The molecule has 0 saturated carbocycles. The molecule has 0 N–H and O–H groups in total. The number of hydrogen-bond acceptors (Lipinski definition) is 2. The maximum Gasteiger partial charge on any atom is 0.200 e. The number of ether oxygens (including phenoxy) is 1. The average molecular weight is 303 g/mol. The number of ketones is 1. The lowest BCUT2D eigenvalue weighted by Crippen LogP contribution is -2.11. The predicted octanol–water partition coefficient (Wildman–Crippen LogP) is 4.86. The van der Waals surface area contributed by atoms with Gasteiger partial charge in [-0.1, -0.05) is 55.3 Å². The van der Waals surface area contributed by atoms with Crippen LogP contribution in [0.5, 0.6) is 5.75 Å². The molecular weight excluding hydrogens is 284 g/mol. The number of carbonyl (C=O) groups excluding carboxylic acids is 1. The normalized spacial score (nSPS) is 10.4. The number of carbonyl (C=O) groups is 1. The van der Waals surface area contributed by atoms with Gasteiger partial charge >= 0.3 is 0 Å². The van der Waals surface area contributed by atoms with Gasteiger partial charge in [-0.2, -0.15) is 0 Å². The molecule has 21 heavy (non-hydrogen) atoms. The molecule has 2 aromatic carbocycles. The fourth-order valence-corrected chi connectivity index (χ4v) is 2.39. The third-order valence-corrected chi connectivity index (χ3v) is 3.56. The summed E-state index contributed by atoms with van der Waals surface area (Å²) in [5, 5.41) is 0.529. The summed E-state index contributed by atoms with van der Waals surface area (Å²) in [6.07, 6.45) is 2.13. The van der Waals surface area contributed by atoms with E-state index in [4.69, 9.17) is 16.3 Å². The van der Waals surface area contributed by atoms with Gasteiger partial charge in [-0.05, 0) is 36.6 Å². The Morgan fingerprint density at radius 3 is 2.48 bits per heavy atom. The Kier molecular flexibility index (Phi) is 5.40. The highest BCUT2D eigenvalue weighted by atomic mass is 35.5. The molecule has 0 radical (unpaired) electrons. The molecule has 2 aromatic rings. The molecule has 3 heteroatoms. The van der Waals surface area contributed by atoms with E-state index in [0.29, 0.717) is 16.3 Å². The molecule has 0 aliphatic rings. The Bertz CT molecular complexity index is 618. The lowest BCUT2D eigenvalue weighted by Gasteiger charge is -2.08. The molecule has 0 saturated heterocycles. The molecule has 0 aromatic heterocycles. The maximum atomic E-state index is 12.1. The first-order chi connectivity index (χ1) is 10.1. The van der Waals surface area contributed by atoms with Crippen LogP contribution in [0.4, 0.5) is 0 Å². The van der Waals surface area contributed by atoms with Crippen molar-refractivity contribution < 1.29 is 9.53 Å². The molecule has 0 amide bonds. The Hall–Kier alpha value is -1.80. The molecule has 0 atom stereocenters. The second-order valence-corrected chi connectivity index (χ2v) is 5.50. The summed E-state index contributed by atoms with van der Waals surface area (Å²) in [5.41, 5.74) is 2.97. The topological polar surface area (TPSA) is 26.3 Å². The quantitative estimate of drug-likeness (QED) is 0.712. The van der Waals surface area contributed by atoms with Gasteiger partial charge in [-0.25, -0.2) is 0 Å². The van der Waals surface area contributed by atoms with E-state index in [9.17, 15) is 4.79 Å². The van der Waals surface area contributed by atoms with Gasteiger partial charge in [0.25, 0.3) is 0 Å². The van der Waals surface area contributed by atoms with Crippen molar-refractivity contribution in [2.24, 2.45) is 0 Å². The third kappa shape index (κ3) is 4.33. The van der Waals surface area contributed by atoms with Crippen LogP contribution in [0.3, 0.4) is 0 Å². The van der Waals surface area contributed by atoms with E-state index in [2.05, 4.69) is 6.92 Å². The van der Waals surface area contributed by atoms with Crippen molar-refractivity contribution in [1.29, 1.82) is 0 Å². The van der Waals surface area contributed by atoms with E-state index >= 15 is 0 Å². The number of aryl methyl sites for hydroxylation is 2. The molecule has 2 nitrogen and oxygen atoms in total. The summed E-state index contributed by atoms with van der Waals surface area (Å²) >= 11 is 6.08. The Balaban J connectivity index is 1.98. The second-order valence-electron chi connectivity index (χ2n) is 5.09. The minimum absolute atomic E-state index is 0.00406. The molecule has 0 heterocycles. The van der Waals surface area contributed by atoms with Crippen LogP contribution in [-0.4, -0.2) is 12.4 Å². The number of hydrogen-bond donors (Lipinski definition) is 0. The second kappa shape index (κ2) is 7.28. The highest BCUT2D eigenvalue weighted by Gasteiger charge is 2.08. The molecule has 0 unspecified atom stereocenters. The number of benzene rings is 2. The zero-order valence-electron chi connectivity index (χ0n) is 12.4. The van der Waals surface area contributed by atoms with Crippen molar-refractivity contribution in [3.8, 4) is 5.75 Å². The summed E-state index contributed by atoms with van der Waals surface area (Å²) in [6.45, 7) is 4.09. The first-order valence-corrected chi connectivity index (χ1v) is 7.49. The van der Waals surface area contributed by atoms with Gasteiger partial charge in [0.2, 0.25) is 0 Å². The van der Waals surface area contributed by atoms with Gasteiger partial charge in [0.1, 0.15) is 5.75 Å². The molecule has 0 bridgehead atoms. The Morgan fingerprint density at radius 1 is 1.14 bits per heavy atom. The summed E-state index contributed by atoms with van der Waals surface area (Å²) in [7, 11) is 0. The zero-order chi connectivity index (χ0) is 15.2. The largest absolute Gasteiger partial charge is 0.484 e. The van der Waals surface area contributed by atoms with E-state index in [1.165, 1.54) is 5.56 Å². The van der Waals surface area contributed by atoms with Crippen molar-refractivity contribution >= 4 is 17.4 Å². The van der Waals surface area contributed by atoms with Crippen LogP contribution in [0, 0.1) is 6.92 Å². The van der Waals surface area contributed by atoms with Crippen LogP contribution >= 0.6 is 11.6 Å². The van der Waals surface area contributed by atoms with Crippen LogP contribution in [0.2, 0.25) is 5.02 Å². The fraction of sp³-hybridized carbons (Fsp3) is 0.278. The number of halogens is 1. The third-order valence-electron chi connectivity index (χ3n) is 3.26. The summed E-state index contributed by atoms with van der Waals surface area (Å²) in [5.74, 6) is 0.493. The first-order valence-electron chi connectivity index (χ1n) is 7.11. The summed E-state index contributed by atoms with van der Waals surface area (Å²) in [6, 6.07) is 13.2. The maximum absolute atomic E-state index is 12.1. The van der Waals surface area contributed by atoms with Crippen molar-refractivity contribution in [2.75, 3.05) is 6.61 Å². The van der Waals surface area contributed by atoms with Gasteiger partial charge in [-0.15, -0.1) is 0 Å². The van der Waals surface area contributed by atoms with Crippen LogP contribution in [0.1, 0.15) is 34.8 Å². The molecule has 2 rings (SSSR count). The average Bonchev–Trinajstić information content (AvgIpc) is 2.47. The molecule has 110 valence electrons. The van der Waals surface area contributed by atoms with Crippen LogP contribution in [0.25, 0.3) is 0 Å². The molecule has 0 spiro atoms. The van der Waals surface area contributed by atoms with E-state index < -0.39 is 0 Å². The Morgan fingerprint density at radius 2 is 1.86 bits per heavy atom. The molecule has 0 aliphatic carbocycles. The van der Waals surface area contributed by atoms with Crippen molar-refractivity contribution in [1.82, 2.24) is 0 Å². The minimum Gasteiger partial charge on any atom is -0.484 e. The molecular formula is C18H19ClO2. The lowest BCUT2D eigenvalue weighted by atomic mass is 10.1. The van der Waals surface area contributed by atoms with Crippen molar-refractivity contribution in [3.63, 3.8) is 0 Å². The summed E-state index contributed by atoms with van der Waals surface area (Å²) < 4.78 is 5.50.